The van der Waals surface area contributed by atoms with Crippen LogP contribution in [-0.2, 0) is 16.1 Å². The number of aromatic nitrogens is 2. The van der Waals surface area contributed by atoms with E-state index in [1.54, 1.807) is 10.9 Å². The van der Waals surface area contributed by atoms with Crippen LogP contribution in [0.25, 0.3) is 0 Å². The molecule has 2 aliphatic heterocycles. The number of hydrogen-bond donors (Lipinski definition) is 0. The first-order chi connectivity index (χ1) is 16.2. The summed E-state index contributed by atoms with van der Waals surface area (Å²) >= 11 is 0. The van der Waals surface area contributed by atoms with E-state index in [4.69, 9.17) is 4.74 Å². The largest absolute Gasteiger partial charge is 0.359 e. The first-order valence-electron chi connectivity index (χ1n) is 12.5. The number of ether oxygens (including phenoxy) is 1. The highest BCUT2D eigenvalue weighted by molar-refractivity contribution is 5.83. The predicted octanol–water partition coefficient (Wildman–Crippen LogP) is 3.55. The fourth-order valence-corrected chi connectivity index (χ4v) is 5.36. The van der Waals surface area contributed by atoms with Gasteiger partial charge in [0.05, 0.1) is 18.4 Å². The highest BCUT2D eigenvalue weighted by atomic mass is 16.5. The lowest BCUT2D eigenvalue weighted by Gasteiger charge is -2.37. The Kier molecular flexibility index (Phi) is 5.45. The summed E-state index contributed by atoms with van der Waals surface area (Å²) in [5.41, 5.74) is 4.33. The Balaban J connectivity index is 1.21. The molecular formula is C26H32N4O3. The van der Waals surface area contributed by atoms with Gasteiger partial charge < -0.3 is 14.5 Å². The lowest BCUT2D eigenvalue weighted by molar-refractivity contribution is -0.131. The zero-order valence-corrected chi connectivity index (χ0v) is 19.1. The molecule has 2 saturated carbocycles. The summed E-state index contributed by atoms with van der Waals surface area (Å²) in [5, 5.41) is 4.51. The molecule has 0 N–H and O–H groups in total. The molecule has 0 bridgehead atoms. The van der Waals surface area contributed by atoms with Crippen LogP contribution in [0.2, 0.25) is 0 Å². The molecule has 4 aliphatic rings. The SMILES string of the molecule is O=C1CN(c2cnn(C3CCCCO3)c(=O)c2C2CC2)CCN1Cc1ccccc1C1CC1. The van der Waals surface area contributed by atoms with Gasteiger partial charge in [-0.3, -0.25) is 9.59 Å². The van der Waals surface area contributed by atoms with Crippen molar-refractivity contribution in [3.8, 4) is 0 Å². The van der Waals surface area contributed by atoms with E-state index in [0.717, 1.165) is 49.9 Å². The molecule has 4 fully saturated rings. The van der Waals surface area contributed by atoms with E-state index < -0.39 is 0 Å². The standard InChI is InChI=1S/C26H32N4O3/c31-23-17-28(12-13-29(23)16-20-5-1-2-6-21(20)18-8-9-18)22-15-27-30(24-7-3-4-14-33-24)26(32)25(22)19-10-11-19/h1-2,5-6,15,18-19,24H,3-4,7-14,16-17H2. The zero-order chi connectivity index (χ0) is 22.4. The van der Waals surface area contributed by atoms with Gasteiger partial charge in [0.2, 0.25) is 5.91 Å². The molecule has 3 heterocycles. The second-order valence-electron chi connectivity index (χ2n) is 10.00. The van der Waals surface area contributed by atoms with Crippen LogP contribution in [0.4, 0.5) is 5.69 Å². The van der Waals surface area contributed by atoms with Gasteiger partial charge in [0, 0.05) is 31.8 Å². The van der Waals surface area contributed by atoms with Gasteiger partial charge >= 0.3 is 0 Å². The first-order valence-corrected chi connectivity index (χ1v) is 12.5. The Labute approximate surface area is 194 Å². The lowest BCUT2D eigenvalue weighted by Crippen LogP contribution is -2.51. The molecule has 1 atom stereocenters. The van der Waals surface area contributed by atoms with Gasteiger partial charge in [0.15, 0.2) is 6.23 Å². The third-order valence-electron chi connectivity index (χ3n) is 7.53. The number of piperazine rings is 1. The highest BCUT2D eigenvalue weighted by Crippen LogP contribution is 2.43. The van der Waals surface area contributed by atoms with Gasteiger partial charge in [0.25, 0.3) is 5.56 Å². The number of nitrogens with zero attached hydrogens (tertiary/aromatic N) is 4. The van der Waals surface area contributed by atoms with E-state index in [9.17, 15) is 9.59 Å². The topological polar surface area (TPSA) is 67.7 Å². The first kappa shape index (κ1) is 20.9. The molecule has 0 spiro atoms. The van der Waals surface area contributed by atoms with E-state index >= 15 is 0 Å². The number of hydrogen-bond acceptors (Lipinski definition) is 5. The van der Waals surface area contributed by atoms with Crippen LogP contribution in [-0.4, -0.2) is 46.8 Å². The number of benzene rings is 1. The van der Waals surface area contributed by atoms with Crippen molar-refractivity contribution >= 4 is 11.6 Å². The summed E-state index contributed by atoms with van der Waals surface area (Å²) < 4.78 is 7.37. The van der Waals surface area contributed by atoms with Crippen LogP contribution in [0.5, 0.6) is 0 Å². The third-order valence-corrected chi connectivity index (χ3v) is 7.53. The Bertz CT molecular complexity index is 1100. The van der Waals surface area contributed by atoms with Crippen molar-refractivity contribution in [1.29, 1.82) is 0 Å². The molecule has 6 rings (SSSR count). The number of carbonyl (C=O) groups is 1. The van der Waals surface area contributed by atoms with E-state index in [-0.39, 0.29) is 23.6 Å². The van der Waals surface area contributed by atoms with Crippen molar-refractivity contribution in [3.05, 3.63) is 57.5 Å². The van der Waals surface area contributed by atoms with E-state index in [1.165, 1.54) is 24.0 Å². The normalized spacial score (nSPS) is 23.8. The number of amides is 1. The summed E-state index contributed by atoms with van der Waals surface area (Å²) in [5.74, 6) is 1.07. The minimum atomic E-state index is -0.261. The van der Waals surface area contributed by atoms with Crippen molar-refractivity contribution < 1.29 is 9.53 Å². The molecule has 7 heteroatoms. The molecule has 1 unspecified atom stereocenters. The molecule has 2 aliphatic carbocycles. The van der Waals surface area contributed by atoms with Crippen LogP contribution < -0.4 is 10.5 Å². The Morgan fingerprint density at radius 2 is 1.79 bits per heavy atom. The highest BCUT2D eigenvalue weighted by Gasteiger charge is 2.35. The minimum absolute atomic E-state index is 0.0323. The average molecular weight is 449 g/mol. The number of rotatable bonds is 6. The van der Waals surface area contributed by atoms with E-state index in [1.807, 2.05) is 4.90 Å². The molecule has 0 radical (unpaired) electrons. The van der Waals surface area contributed by atoms with Crippen molar-refractivity contribution in [2.45, 2.75) is 69.6 Å². The molecule has 7 nitrogen and oxygen atoms in total. The summed E-state index contributed by atoms with van der Waals surface area (Å²) in [6.07, 6.45) is 9.04. The maximum atomic E-state index is 13.4. The Morgan fingerprint density at radius 1 is 0.970 bits per heavy atom. The van der Waals surface area contributed by atoms with Crippen molar-refractivity contribution in [2.75, 3.05) is 31.1 Å². The van der Waals surface area contributed by atoms with Crippen LogP contribution in [0.1, 0.15) is 79.7 Å². The summed E-state index contributed by atoms with van der Waals surface area (Å²) in [6, 6.07) is 8.55. The van der Waals surface area contributed by atoms with Gasteiger partial charge in [-0.05, 0) is 67.9 Å². The van der Waals surface area contributed by atoms with Crippen molar-refractivity contribution in [3.63, 3.8) is 0 Å². The molecule has 2 saturated heterocycles. The second kappa shape index (κ2) is 8.60. The van der Waals surface area contributed by atoms with E-state index in [2.05, 4.69) is 34.3 Å². The quantitative estimate of drug-likeness (QED) is 0.676. The van der Waals surface area contributed by atoms with Crippen LogP contribution in [0.15, 0.2) is 35.3 Å². The zero-order valence-electron chi connectivity index (χ0n) is 19.1. The summed E-state index contributed by atoms with van der Waals surface area (Å²) in [6.45, 7) is 3.04. The molecule has 174 valence electrons. The van der Waals surface area contributed by atoms with Crippen molar-refractivity contribution in [1.82, 2.24) is 14.7 Å². The molecule has 33 heavy (non-hydrogen) atoms. The second-order valence-corrected chi connectivity index (χ2v) is 10.00. The third kappa shape index (κ3) is 4.19. The van der Waals surface area contributed by atoms with Gasteiger partial charge in [-0.25, -0.2) is 4.68 Å². The van der Waals surface area contributed by atoms with Gasteiger partial charge in [0.1, 0.15) is 0 Å². The molecule has 2 aromatic rings. The van der Waals surface area contributed by atoms with Gasteiger partial charge in [-0.1, -0.05) is 24.3 Å². The van der Waals surface area contributed by atoms with Gasteiger partial charge in [-0.15, -0.1) is 0 Å². The maximum absolute atomic E-state index is 13.4. The lowest BCUT2D eigenvalue weighted by atomic mass is 10.0. The van der Waals surface area contributed by atoms with E-state index in [0.29, 0.717) is 32.2 Å². The molecule has 1 amide bonds. The monoisotopic (exact) mass is 448 g/mol. The predicted molar refractivity (Wildman–Crippen MR) is 125 cm³/mol. The maximum Gasteiger partial charge on any atom is 0.274 e. The fraction of sp³-hybridized carbons (Fsp3) is 0.577. The average Bonchev–Trinajstić information content (AvgIpc) is 3.75. The van der Waals surface area contributed by atoms with Crippen molar-refractivity contribution in [2.24, 2.45) is 0 Å². The number of carbonyl (C=O) groups excluding carboxylic acids is 1. The Morgan fingerprint density at radius 3 is 2.52 bits per heavy atom. The minimum Gasteiger partial charge on any atom is -0.359 e. The smallest absolute Gasteiger partial charge is 0.274 e. The molecular weight excluding hydrogens is 416 g/mol. The van der Waals surface area contributed by atoms with Crippen LogP contribution in [0.3, 0.4) is 0 Å². The fourth-order valence-electron chi connectivity index (χ4n) is 5.36. The number of anilines is 1. The van der Waals surface area contributed by atoms with Crippen LogP contribution in [0, 0.1) is 0 Å². The summed E-state index contributed by atoms with van der Waals surface area (Å²) in [7, 11) is 0. The molecule has 1 aromatic carbocycles. The summed E-state index contributed by atoms with van der Waals surface area (Å²) in [4.78, 5) is 30.6. The van der Waals surface area contributed by atoms with Gasteiger partial charge in [-0.2, -0.15) is 5.10 Å². The van der Waals surface area contributed by atoms with Crippen LogP contribution >= 0.6 is 0 Å². The molecule has 1 aromatic heterocycles. The Hall–Kier alpha value is -2.67.